The van der Waals surface area contributed by atoms with Crippen molar-refractivity contribution in [2.45, 2.75) is 45.7 Å². The standard InChI is InChI=1S/C27H33ClN6O/c1-18-15-21(9-10-24(18)35-4)23-16-25(31-27(30-23)34-12-6-7-19(34)2)33-14-13-32(17-20(33)3)26-22(28)8-5-11-29-26/h5,8-11,15-16,19-20H,6-7,12-14,17H2,1-4H3/t19?,20-/m1/s1. The highest BCUT2D eigenvalue weighted by atomic mass is 35.5. The predicted molar refractivity (Wildman–Crippen MR) is 143 cm³/mol. The van der Waals surface area contributed by atoms with E-state index in [1.165, 1.54) is 12.8 Å². The molecule has 0 spiro atoms. The lowest BCUT2D eigenvalue weighted by Gasteiger charge is -2.41. The lowest BCUT2D eigenvalue weighted by Crippen LogP contribution is -2.52. The molecule has 2 aliphatic heterocycles. The Kier molecular flexibility index (Phi) is 6.69. The lowest BCUT2D eigenvalue weighted by atomic mass is 10.1. The molecule has 0 amide bonds. The first kappa shape index (κ1) is 23.7. The maximum atomic E-state index is 6.44. The number of aryl methyl sites for hydroxylation is 1. The summed E-state index contributed by atoms with van der Waals surface area (Å²) in [5, 5.41) is 0.692. The van der Waals surface area contributed by atoms with Crippen LogP contribution in [0.15, 0.2) is 42.6 Å². The summed E-state index contributed by atoms with van der Waals surface area (Å²) in [6, 6.07) is 12.8. The summed E-state index contributed by atoms with van der Waals surface area (Å²) in [5.74, 6) is 3.52. The van der Waals surface area contributed by atoms with E-state index < -0.39 is 0 Å². The fourth-order valence-electron chi connectivity index (χ4n) is 5.21. The van der Waals surface area contributed by atoms with Crippen LogP contribution in [-0.4, -0.2) is 60.3 Å². The van der Waals surface area contributed by atoms with Crippen molar-refractivity contribution in [3.05, 3.63) is 53.2 Å². The van der Waals surface area contributed by atoms with Crippen LogP contribution >= 0.6 is 11.6 Å². The number of anilines is 3. The molecule has 0 saturated carbocycles. The van der Waals surface area contributed by atoms with Crippen LogP contribution in [0.2, 0.25) is 5.02 Å². The first-order chi connectivity index (χ1) is 16.9. The fraction of sp³-hybridized carbons (Fsp3) is 0.444. The van der Waals surface area contributed by atoms with Crippen molar-refractivity contribution in [2.24, 2.45) is 0 Å². The highest BCUT2D eigenvalue weighted by Crippen LogP contribution is 2.33. The number of hydrogen-bond donors (Lipinski definition) is 0. The molecular formula is C27H33ClN6O. The fourth-order valence-corrected chi connectivity index (χ4v) is 5.46. The number of benzene rings is 1. The average Bonchev–Trinajstić information content (AvgIpc) is 3.29. The van der Waals surface area contributed by atoms with Crippen LogP contribution in [-0.2, 0) is 0 Å². The Bertz CT molecular complexity index is 1200. The third kappa shape index (κ3) is 4.74. The maximum absolute atomic E-state index is 6.44. The van der Waals surface area contributed by atoms with Gasteiger partial charge in [-0.25, -0.2) is 9.97 Å². The molecule has 3 aromatic rings. The van der Waals surface area contributed by atoms with Gasteiger partial charge in [-0.15, -0.1) is 0 Å². The molecule has 0 aliphatic carbocycles. The van der Waals surface area contributed by atoms with E-state index in [4.69, 9.17) is 26.3 Å². The molecule has 184 valence electrons. The quantitative estimate of drug-likeness (QED) is 0.484. The molecule has 2 fully saturated rings. The van der Waals surface area contributed by atoms with Gasteiger partial charge in [-0.1, -0.05) is 11.6 Å². The molecule has 35 heavy (non-hydrogen) atoms. The molecule has 2 aromatic heterocycles. The Balaban J connectivity index is 1.49. The van der Waals surface area contributed by atoms with Crippen LogP contribution in [0, 0.1) is 6.92 Å². The van der Waals surface area contributed by atoms with Gasteiger partial charge in [-0.3, -0.25) is 0 Å². The van der Waals surface area contributed by atoms with Crippen molar-refractivity contribution in [1.29, 1.82) is 0 Å². The number of halogens is 1. The number of pyridine rings is 1. The SMILES string of the molecule is COc1ccc(-c2cc(N3CCN(c4ncccc4Cl)C[C@H]3C)nc(N3CCCC3C)n2)cc1C. The average molecular weight is 493 g/mol. The number of piperazine rings is 1. The minimum absolute atomic E-state index is 0.242. The van der Waals surface area contributed by atoms with Gasteiger partial charge in [0, 0.05) is 56.1 Å². The van der Waals surface area contributed by atoms with E-state index in [0.717, 1.165) is 66.3 Å². The van der Waals surface area contributed by atoms with E-state index in [-0.39, 0.29) is 6.04 Å². The summed E-state index contributed by atoms with van der Waals surface area (Å²) in [6.07, 6.45) is 4.14. The van der Waals surface area contributed by atoms with Crippen molar-refractivity contribution < 1.29 is 4.74 Å². The number of methoxy groups -OCH3 is 1. The van der Waals surface area contributed by atoms with E-state index >= 15 is 0 Å². The second kappa shape index (κ2) is 9.90. The Hall–Kier alpha value is -3.06. The van der Waals surface area contributed by atoms with Gasteiger partial charge in [0.1, 0.15) is 17.4 Å². The van der Waals surface area contributed by atoms with Crippen LogP contribution in [0.4, 0.5) is 17.6 Å². The smallest absolute Gasteiger partial charge is 0.228 e. The number of aromatic nitrogens is 3. The molecule has 0 bridgehead atoms. The molecule has 0 N–H and O–H groups in total. The molecule has 8 heteroatoms. The maximum Gasteiger partial charge on any atom is 0.228 e. The summed E-state index contributed by atoms with van der Waals surface area (Å²) in [4.78, 5) is 21.6. The molecule has 2 saturated heterocycles. The molecule has 4 heterocycles. The summed E-state index contributed by atoms with van der Waals surface area (Å²) in [7, 11) is 1.71. The van der Waals surface area contributed by atoms with Gasteiger partial charge in [0.15, 0.2) is 0 Å². The van der Waals surface area contributed by atoms with E-state index in [1.54, 1.807) is 13.3 Å². The summed E-state index contributed by atoms with van der Waals surface area (Å²) in [5.41, 5.74) is 3.11. The number of nitrogens with zero attached hydrogens (tertiary/aromatic N) is 6. The first-order valence-electron chi connectivity index (χ1n) is 12.4. The largest absolute Gasteiger partial charge is 0.496 e. The Morgan fingerprint density at radius 1 is 1.00 bits per heavy atom. The third-order valence-electron chi connectivity index (χ3n) is 7.16. The normalized spacial score (nSPS) is 20.4. The second-order valence-electron chi connectivity index (χ2n) is 9.58. The zero-order chi connectivity index (χ0) is 24.5. The van der Waals surface area contributed by atoms with E-state index in [2.05, 4.69) is 58.7 Å². The van der Waals surface area contributed by atoms with E-state index in [1.807, 2.05) is 18.2 Å². The Labute approximate surface area is 212 Å². The highest BCUT2D eigenvalue weighted by Gasteiger charge is 2.29. The van der Waals surface area contributed by atoms with Crippen molar-refractivity contribution in [2.75, 3.05) is 48.0 Å². The van der Waals surface area contributed by atoms with Crippen LogP contribution in [0.5, 0.6) is 5.75 Å². The number of ether oxygens (including phenoxy) is 1. The van der Waals surface area contributed by atoms with Gasteiger partial charge >= 0.3 is 0 Å². The van der Waals surface area contributed by atoms with Gasteiger partial charge in [0.2, 0.25) is 5.95 Å². The van der Waals surface area contributed by atoms with Crippen LogP contribution < -0.4 is 19.4 Å². The summed E-state index contributed by atoms with van der Waals surface area (Å²) in [6.45, 7) is 10.1. The molecule has 2 aliphatic rings. The van der Waals surface area contributed by atoms with Crippen LogP contribution in [0.3, 0.4) is 0 Å². The van der Waals surface area contributed by atoms with Gasteiger partial charge in [-0.2, -0.15) is 4.98 Å². The van der Waals surface area contributed by atoms with Crippen LogP contribution in [0.25, 0.3) is 11.3 Å². The topological polar surface area (TPSA) is 57.6 Å². The van der Waals surface area contributed by atoms with Gasteiger partial charge in [-0.05, 0) is 69.5 Å². The van der Waals surface area contributed by atoms with Gasteiger partial charge in [0.25, 0.3) is 0 Å². The zero-order valence-electron chi connectivity index (χ0n) is 20.9. The predicted octanol–water partition coefficient (Wildman–Crippen LogP) is 5.21. The monoisotopic (exact) mass is 492 g/mol. The number of rotatable bonds is 5. The Morgan fingerprint density at radius 2 is 1.86 bits per heavy atom. The molecule has 1 unspecified atom stereocenters. The molecule has 2 atom stereocenters. The van der Waals surface area contributed by atoms with Crippen molar-refractivity contribution in [1.82, 2.24) is 15.0 Å². The third-order valence-corrected chi connectivity index (χ3v) is 7.46. The molecule has 5 rings (SSSR count). The Morgan fingerprint density at radius 3 is 2.54 bits per heavy atom. The lowest BCUT2D eigenvalue weighted by molar-refractivity contribution is 0.412. The zero-order valence-corrected chi connectivity index (χ0v) is 21.7. The van der Waals surface area contributed by atoms with Crippen molar-refractivity contribution >= 4 is 29.2 Å². The van der Waals surface area contributed by atoms with E-state index in [9.17, 15) is 0 Å². The van der Waals surface area contributed by atoms with Crippen molar-refractivity contribution in [3.63, 3.8) is 0 Å². The van der Waals surface area contributed by atoms with Gasteiger partial charge < -0.3 is 19.4 Å². The minimum atomic E-state index is 0.242. The number of hydrogen-bond acceptors (Lipinski definition) is 7. The summed E-state index contributed by atoms with van der Waals surface area (Å²) >= 11 is 6.44. The first-order valence-corrected chi connectivity index (χ1v) is 12.7. The second-order valence-corrected chi connectivity index (χ2v) is 9.98. The molecule has 1 aromatic carbocycles. The van der Waals surface area contributed by atoms with Gasteiger partial charge in [0.05, 0.1) is 17.8 Å². The van der Waals surface area contributed by atoms with E-state index in [0.29, 0.717) is 11.1 Å². The molecule has 7 nitrogen and oxygen atoms in total. The molecular weight excluding hydrogens is 460 g/mol. The van der Waals surface area contributed by atoms with Crippen molar-refractivity contribution in [3.8, 4) is 17.0 Å². The van der Waals surface area contributed by atoms with Crippen LogP contribution in [0.1, 0.15) is 32.3 Å². The summed E-state index contributed by atoms with van der Waals surface area (Å²) < 4.78 is 5.47. The minimum Gasteiger partial charge on any atom is -0.496 e. The highest BCUT2D eigenvalue weighted by molar-refractivity contribution is 6.32. The molecule has 0 radical (unpaired) electrons.